The van der Waals surface area contributed by atoms with Crippen LogP contribution in [0.1, 0.15) is 37.9 Å². The molecule has 0 unspecified atom stereocenters. The zero-order valence-corrected chi connectivity index (χ0v) is 15.4. The summed E-state index contributed by atoms with van der Waals surface area (Å²) >= 11 is 0. The van der Waals surface area contributed by atoms with Crippen molar-refractivity contribution < 1.29 is 9.32 Å². The highest BCUT2D eigenvalue weighted by Crippen LogP contribution is 2.42. The first-order valence-corrected chi connectivity index (χ1v) is 9.30. The quantitative estimate of drug-likeness (QED) is 0.824. The van der Waals surface area contributed by atoms with Gasteiger partial charge in [-0.15, -0.1) is 0 Å². The van der Waals surface area contributed by atoms with E-state index in [4.69, 9.17) is 4.52 Å². The molecule has 4 rings (SSSR count). The summed E-state index contributed by atoms with van der Waals surface area (Å²) in [6, 6.07) is 4.01. The number of aryl methyl sites for hydroxylation is 1. The maximum atomic E-state index is 12.0. The molecule has 4 heterocycles. The molecule has 2 aliphatic rings. The Balaban J connectivity index is 1.41. The highest BCUT2D eigenvalue weighted by Gasteiger charge is 2.37. The summed E-state index contributed by atoms with van der Waals surface area (Å²) in [6.45, 7) is 4.67. The lowest BCUT2D eigenvalue weighted by atomic mass is 9.73. The Morgan fingerprint density at radius 1 is 1.12 bits per heavy atom. The zero-order valence-electron chi connectivity index (χ0n) is 15.4. The SMILES string of the molecule is Cc1noc(-c2ccc(N3CCC4(CCC(=O)N(C)CC4)CC3)nc2)n1. The van der Waals surface area contributed by atoms with Gasteiger partial charge in [0, 0.05) is 39.3 Å². The van der Waals surface area contributed by atoms with Crippen molar-refractivity contribution in [1.82, 2.24) is 20.0 Å². The normalized spacial score (nSPS) is 20.5. The Morgan fingerprint density at radius 3 is 2.54 bits per heavy atom. The summed E-state index contributed by atoms with van der Waals surface area (Å²) in [5, 5.41) is 3.82. The minimum atomic E-state index is 0.290. The van der Waals surface area contributed by atoms with Crippen molar-refractivity contribution in [2.24, 2.45) is 5.41 Å². The van der Waals surface area contributed by atoms with Crippen molar-refractivity contribution in [3.8, 4) is 11.5 Å². The number of pyridine rings is 1. The van der Waals surface area contributed by atoms with E-state index in [0.717, 1.165) is 56.7 Å². The molecule has 0 N–H and O–H groups in total. The number of nitrogens with zero attached hydrogens (tertiary/aromatic N) is 5. The van der Waals surface area contributed by atoms with Gasteiger partial charge in [0.15, 0.2) is 5.82 Å². The highest BCUT2D eigenvalue weighted by atomic mass is 16.5. The van der Waals surface area contributed by atoms with Crippen LogP contribution < -0.4 is 4.90 Å². The van der Waals surface area contributed by atoms with E-state index < -0.39 is 0 Å². The molecule has 138 valence electrons. The van der Waals surface area contributed by atoms with Crippen LogP contribution in [0.5, 0.6) is 0 Å². The lowest BCUT2D eigenvalue weighted by Crippen LogP contribution is -2.41. The molecule has 0 aliphatic carbocycles. The van der Waals surface area contributed by atoms with Crippen LogP contribution >= 0.6 is 0 Å². The van der Waals surface area contributed by atoms with Crippen molar-refractivity contribution in [3.63, 3.8) is 0 Å². The van der Waals surface area contributed by atoms with E-state index in [1.54, 1.807) is 13.1 Å². The van der Waals surface area contributed by atoms with Crippen LogP contribution in [0.4, 0.5) is 5.82 Å². The number of rotatable bonds is 2. The molecule has 1 spiro atoms. The molecule has 0 saturated carbocycles. The number of carbonyl (C=O) groups is 1. The zero-order chi connectivity index (χ0) is 18.1. The smallest absolute Gasteiger partial charge is 0.259 e. The van der Waals surface area contributed by atoms with Crippen LogP contribution in [0.3, 0.4) is 0 Å². The summed E-state index contributed by atoms with van der Waals surface area (Å²) in [7, 11) is 1.92. The lowest BCUT2D eigenvalue weighted by Gasteiger charge is -2.42. The second kappa shape index (κ2) is 6.70. The van der Waals surface area contributed by atoms with Gasteiger partial charge in [-0.05, 0) is 50.2 Å². The lowest BCUT2D eigenvalue weighted by molar-refractivity contribution is -0.129. The van der Waals surface area contributed by atoms with Crippen LogP contribution in [0, 0.1) is 12.3 Å². The van der Waals surface area contributed by atoms with Crippen molar-refractivity contribution in [2.75, 3.05) is 31.6 Å². The number of hydrogen-bond donors (Lipinski definition) is 0. The molecule has 2 aromatic rings. The van der Waals surface area contributed by atoms with Crippen molar-refractivity contribution in [2.45, 2.75) is 39.0 Å². The van der Waals surface area contributed by atoms with Crippen LogP contribution in [0.25, 0.3) is 11.5 Å². The third kappa shape index (κ3) is 3.30. The van der Waals surface area contributed by atoms with Crippen LogP contribution in [-0.2, 0) is 4.79 Å². The average Bonchev–Trinajstić information content (AvgIpc) is 3.06. The van der Waals surface area contributed by atoms with Gasteiger partial charge in [-0.2, -0.15) is 4.98 Å². The Labute approximate surface area is 153 Å². The molecule has 0 bridgehead atoms. The molecule has 0 aromatic carbocycles. The fraction of sp³-hybridized carbons (Fsp3) is 0.579. The predicted octanol–water partition coefficient (Wildman–Crippen LogP) is 2.67. The van der Waals surface area contributed by atoms with Gasteiger partial charge < -0.3 is 14.3 Å². The molecule has 2 aliphatic heterocycles. The van der Waals surface area contributed by atoms with Gasteiger partial charge in [-0.1, -0.05) is 5.16 Å². The number of carbonyl (C=O) groups excluding carboxylic acids is 1. The van der Waals surface area contributed by atoms with Crippen LogP contribution in [-0.4, -0.2) is 52.6 Å². The maximum absolute atomic E-state index is 12.0. The molecule has 26 heavy (non-hydrogen) atoms. The Morgan fingerprint density at radius 2 is 1.88 bits per heavy atom. The Bertz CT molecular complexity index is 777. The molecule has 2 aromatic heterocycles. The first-order chi connectivity index (χ1) is 12.5. The maximum Gasteiger partial charge on any atom is 0.259 e. The number of likely N-dealkylation sites (tertiary alicyclic amines) is 1. The fourth-order valence-electron chi connectivity index (χ4n) is 4.04. The van der Waals surface area contributed by atoms with Gasteiger partial charge in [-0.3, -0.25) is 4.79 Å². The van der Waals surface area contributed by atoms with E-state index in [-0.39, 0.29) is 5.91 Å². The first-order valence-electron chi connectivity index (χ1n) is 9.30. The van der Waals surface area contributed by atoms with E-state index in [1.165, 1.54) is 0 Å². The van der Waals surface area contributed by atoms with Gasteiger partial charge in [0.2, 0.25) is 5.91 Å². The number of piperidine rings is 1. The predicted molar refractivity (Wildman–Crippen MR) is 97.6 cm³/mol. The van der Waals surface area contributed by atoms with Gasteiger partial charge >= 0.3 is 0 Å². The number of amides is 1. The van der Waals surface area contributed by atoms with E-state index in [9.17, 15) is 4.79 Å². The third-order valence-electron chi connectivity index (χ3n) is 5.94. The fourth-order valence-corrected chi connectivity index (χ4v) is 4.04. The van der Waals surface area contributed by atoms with Crippen molar-refractivity contribution in [3.05, 3.63) is 24.2 Å². The van der Waals surface area contributed by atoms with Gasteiger partial charge in [0.05, 0.1) is 5.56 Å². The number of aromatic nitrogens is 3. The number of anilines is 1. The monoisotopic (exact) mass is 355 g/mol. The summed E-state index contributed by atoms with van der Waals surface area (Å²) in [6.07, 6.45) is 6.87. The summed E-state index contributed by atoms with van der Waals surface area (Å²) in [4.78, 5) is 25.0. The molecule has 0 radical (unpaired) electrons. The van der Waals surface area contributed by atoms with E-state index >= 15 is 0 Å². The van der Waals surface area contributed by atoms with Crippen molar-refractivity contribution in [1.29, 1.82) is 0 Å². The molecular formula is C19H25N5O2. The minimum absolute atomic E-state index is 0.290. The van der Waals surface area contributed by atoms with Gasteiger partial charge in [0.1, 0.15) is 5.82 Å². The van der Waals surface area contributed by atoms with E-state index in [0.29, 0.717) is 23.6 Å². The molecule has 0 atom stereocenters. The average molecular weight is 355 g/mol. The topological polar surface area (TPSA) is 75.4 Å². The van der Waals surface area contributed by atoms with Crippen LogP contribution in [0.15, 0.2) is 22.9 Å². The molecule has 2 fully saturated rings. The van der Waals surface area contributed by atoms with Gasteiger partial charge in [0.25, 0.3) is 5.89 Å². The van der Waals surface area contributed by atoms with Crippen molar-refractivity contribution >= 4 is 11.7 Å². The summed E-state index contributed by atoms with van der Waals surface area (Å²) < 4.78 is 5.19. The van der Waals surface area contributed by atoms with Gasteiger partial charge in [-0.25, -0.2) is 4.98 Å². The second-order valence-corrected chi connectivity index (χ2v) is 7.60. The third-order valence-corrected chi connectivity index (χ3v) is 5.94. The summed E-state index contributed by atoms with van der Waals surface area (Å²) in [5.41, 5.74) is 1.16. The summed E-state index contributed by atoms with van der Waals surface area (Å²) in [5.74, 6) is 2.41. The molecular weight excluding hydrogens is 330 g/mol. The van der Waals surface area contributed by atoms with Crippen LogP contribution in [0.2, 0.25) is 0 Å². The molecule has 2 saturated heterocycles. The standard InChI is InChI=1S/C19H25N5O2/c1-14-21-18(26-22-14)15-3-4-16(20-13-15)24-11-8-19(9-12-24)6-5-17(25)23(2)10-7-19/h3-4,13H,5-12H2,1-2H3. The first kappa shape index (κ1) is 17.0. The molecule has 1 amide bonds. The highest BCUT2D eigenvalue weighted by molar-refractivity contribution is 5.76. The Hall–Kier alpha value is -2.44. The van der Waals surface area contributed by atoms with E-state index in [1.807, 2.05) is 24.1 Å². The number of hydrogen-bond acceptors (Lipinski definition) is 6. The Kier molecular flexibility index (Phi) is 4.38. The largest absolute Gasteiger partial charge is 0.357 e. The second-order valence-electron chi connectivity index (χ2n) is 7.60. The molecule has 7 heteroatoms. The van der Waals surface area contributed by atoms with E-state index in [2.05, 4.69) is 20.0 Å². The minimum Gasteiger partial charge on any atom is -0.357 e. The molecule has 7 nitrogen and oxygen atoms in total.